The van der Waals surface area contributed by atoms with Gasteiger partial charge >= 0.3 is 0 Å². The largest absolute Gasteiger partial charge is 0.326 e. The van der Waals surface area contributed by atoms with Crippen molar-refractivity contribution in [3.05, 3.63) is 42.7 Å². The van der Waals surface area contributed by atoms with Gasteiger partial charge in [-0.3, -0.25) is 4.79 Å². The van der Waals surface area contributed by atoms with Gasteiger partial charge < -0.3 is 5.32 Å². The molecule has 0 fully saturated rings. The van der Waals surface area contributed by atoms with Crippen molar-refractivity contribution in [1.29, 1.82) is 0 Å². The van der Waals surface area contributed by atoms with E-state index < -0.39 is 0 Å². The predicted molar refractivity (Wildman–Crippen MR) is 98.2 cm³/mol. The Morgan fingerprint density at radius 1 is 1.08 bits per heavy atom. The number of carbonyl (C=O) groups excluding carboxylic acids is 1. The lowest BCUT2D eigenvalue weighted by Gasteiger charge is -2.15. The van der Waals surface area contributed by atoms with E-state index in [2.05, 4.69) is 34.5 Å². The summed E-state index contributed by atoms with van der Waals surface area (Å²) >= 11 is 0. The van der Waals surface area contributed by atoms with Gasteiger partial charge in [0, 0.05) is 17.2 Å². The zero-order valence-corrected chi connectivity index (χ0v) is 14.6. The molecule has 6 heteroatoms. The molecule has 0 saturated carbocycles. The Bertz CT molecular complexity index is 834. The lowest BCUT2D eigenvalue weighted by molar-refractivity contribution is -0.120. The number of anilines is 1. The molecule has 0 unspecified atom stereocenters. The van der Waals surface area contributed by atoms with E-state index in [4.69, 9.17) is 0 Å². The number of hydrogen-bond acceptors (Lipinski definition) is 4. The minimum atomic E-state index is 0.0903. The molecule has 0 aliphatic rings. The summed E-state index contributed by atoms with van der Waals surface area (Å²) in [4.78, 5) is 12.4. The van der Waals surface area contributed by atoms with Crippen LogP contribution < -0.4 is 5.32 Å². The molecule has 0 saturated heterocycles. The zero-order valence-electron chi connectivity index (χ0n) is 14.6. The summed E-state index contributed by atoms with van der Waals surface area (Å²) in [5.74, 6) is 0.202. The molecule has 2 heterocycles. The smallest absolute Gasteiger partial charge is 0.227 e. The molecule has 1 aromatic carbocycles. The molecule has 3 rings (SSSR count). The van der Waals surface area contributed by atoms with Gasteiger partial charge in [0.1, 0.15) is 6.33 Å². The van der Waals surface area contributed by atoms with Crippen LogP contribution in [0.3, 0.4) is 0 Å². The predicted octanol–water partition coefficient (Wildman–Crippen LogP) is 3.95. The monoisotopic (exact) mass is 337 g/mol. The van der Waals surface area contributed by atoms with Gasteiger partial charge in [0.2, 0.25) is 5.91 Å². The van der Waals surface area contributed by atoms with E-state index in [9.17, 15) is 4.79 Å². The SMILES string of the molecule is CCCC(CCC)C(=O)Nc1ccc(-c2ccc3nncn3n2)cc1. The van der Waals surface area contributed by atoms with Crippen molar-refractivity contribution in [3.63, 3.8) is 0 Å². The molecule has 0 aliphatic carbocycles. The first-order chi connectivity index (χ1) is 12.2. The van der Waals surface area contributed by atoms with Gasteiger partial charge in [-0.15, -0.1) is 10.2 Å². The molecule has 2 aromatic heterocycles. The molecule has 1 amide bonds. The average Bonchev–Trinajstić information content (AvgIpc) is 3.10. The Kier molecular flexibility index (Phi) is 5.38. The fourth-order valence-electron chi connectivity index (χ4n) is 2.95. The van der Waals surface area contributed by atoms with E-state index >= 15 is 0 Å². The van der Waals surface area contributed by atoms with E-state index in [1.54, 1.807) is 10.8 Å². The van der Waals surface area contributed by atoms with Crippen LogP contribution in [0.2, 0.25) is 0 Å². The number of rotatable bonds is 7. The number of aromatic nitrogens is 4. The average molecular weight is 337 g/mol. The van der Waals surface area contributed by atoms with Crippen molar-refractivity contribution in [2.75, 3.05) is 5.32 Å². The van der Waals surface area contributed by atoms with Gasteiger partial charge in [-0.05, 0) is 37.1 Å². The van der Waals surface area contributed by atoms with E-state index in [1.807, 2.05) is 36.4 Å². The number of nitrogens with zero attached hydrogens (tertiary/aromatic N) is 4. The normalized spacial score (nSPS) is 11.2. The molecule has 1 N–H and O–H groups in total. The summed E-state index contributed by atoms with van der Waals surface area (Å²) < 4.78 is 1.64. The Hall–Kier alpha value is -2.76. The van der Waals surface area contributed by atoms with Crippen molar-refractivity contribution in [1.82, 2.24) is 19.8 Å². The maximum absolute atomic E-state index is 12.4. The summed E-state index contributed by atoms with van der Waals surface area (Å²) in [6.07, 6.45) is 5.48. The van der Waals surface area contributed by atoms with Gasteiger partial charge in [0.15, 0.2) is 5.65 Å². The number of carbonyl (C=O) groups is 1. The molecular formula is C19H23N5O. The second kappa shape index (κ2) is 7.88. The van der Waals surface area contributed by atoms with Crippen molar-refractivity contribution < 1.29 is 4.79 Å². The lowest BCUT2D eigenvalue weighted by Crippen LogP contribution is -2.22. The molecule has 0 radical (unpaired) electrons. The molecule has 6 nitrogen and oxygen atoms in total. The van der Waals surface area contributed by atoms with E-state index in [0.717, 1.165) is 42.6 Å². The first-order valence-electron chi connectivity index (χ1n) is 8.79. The van der Waals surface area contributed by atoms with Crippen molar-refractivity contribution in [2.45, 2.75) is 39.5 Å². The zero-order chi connectivity index (χ0) is 17.6. The molecule has 0 atom stereocenters. The maximum Gasteiger partial charge on any atom is 0.227 e. The van der Waals surface area contributed by atoms with Crippen LogP contribution in [0.5, 0.6) is 0 Å². The van der Waals surface area contributed by atoms with Crippen LogP contribution in [0.25, 0.3) is 16.9 Å². The quantitative estimate of drug-likeness (QED) is 0.708. The van der Waals surface area contributed by atoms with Gasteiger partial charge in [0.05, 0.1) is 5.69 Å². The van der Waals surface area contributed by atoms with E-state index in [-0.39, 0.29) is 11.8 Å². The number of benzene rings is 1. The van der Waals surface area contributed by atoms with E-state index in [1.165, 1.54) is 0 Å². The van der Waals surface area contributed by atoms with Crippen molar-refractivity contribution in [3.8, 4) is 11.3 Å². The number of amides is 1. The minimum Gasteiger partial charge on any atom is -0.326 e. The van der Waals surface area contributed by atoms with Crippen LogP contribution in [-0.4, -0.2) is 25.7 Å². The Balaban J connectivity index is 1.72. The van der Waals surface area contributed by atoms with Crippen LogP contribution in [0.15, 0.2) is 42.7 Å². The van der Waals surface area contributed by atoms with Crippen LogP contribution in [0.1, 0.15) is 39.5 Å². The number of fused-ring (bicyclic) bond motifs is 1. The highest BCUT2D eigenvalue weighted by atomic mass is 16.1. The maximum atomic E-state index is 12.4. The van der Waals surface area contributed by atoms with Crippen molar-refractivity contribution >= 4 is 17.2 Å². The molecule has 0 bridgehead atoms. The van der Waals surface area contributed by atoms with Gasteiger partial charge in [-0.1, -0.05) is 38.8 Å². The van der Waals surface area contributed by atoms with Crippen LogP contribution >= 0.6 is 0 Å². The molecule has 3 aromatic rings. The van der Waals surface area contributed by atoms with Gasteiger partial charge in [-0.2, -0.15) is 9.61 Å². The third-order valence-electron chi connectivity index (χ3n) is 4.25. The molecule has 130 valence electrons. The number of hydrogen-bond donors (Lipinski definition) is 1. The topological polar surface area (TPSA) is 72.2 Å². The minimum absolute atomic E-state index is 0.0903. The first kappa shape index (κ1) is 17.1. The van der Waals surface area contributed by atoms with Crippen LogP contribution in [0.4, 0.5) is 5.69 Å². The second-order valence-electron chi connectivity index (χ2n) is 6.19. The van der Waals surface area contributed by atoms with E-state index in [0.29, 0.717) is 5.65 Å². The molecule has 0 spiro atoms. The third-order valence-corrected chi connectivity index (χ3v) is 4.25. The Morgan fingerprint density at radius 2 is 1.80 bits per heavy atom. The summed E-state index contributed by atoms with van der Waals surface area (Å²) in [5, 5.41) is 15.3. The number of nitrogens with one attached hydrogen (secondary N) is 1. The summed E-state index contributed by atoms with van der Waals surface area (Å²) in [7, 11) is 0. The Labute approximate surface area is 147 Å². The second-order valence-corrected chi connectivity index (χ2v) is 6.19. The molecule has 0 aliphatic heterocycles. The lowest BCUT2D eigenvalue weighted by atomic mass is 9.97. The standard InChI is InChI=1S/C19H23N5O/c1-3-5-15(6-4-2)19(25)21-16-9-7-14(8-10-16)17-11-12-18-22-20-13-24(18)23-17/h7-13,15H,3-6H2,1-2H3,(H,21,25). The van der Waals surface area contributed by atoms with Crippen LogP contribution in [-0.2, 0) is 4.79 Å². The summed E-state index contributed by atoms with van der Waals surface area (Å²) in [6, 6.07) is 11.5. The van der Waals surface area contributed by atoms with Gasteiger partial charge in [0.25, 0.3) is 0 Å². The summed E-state index contributed by atoms with van der Waals surface area (Å²) in [6.45, 7) is 4.23. The summed E-state index contributed by atoms with van der Waals surface area (Å²) in [5.41, 5.74) is 3.34. The highest BCUT2D eigenvalue weighted by molar-refractivity contribution is 5.92. The third kappa shape index (κ3) is 4.02. The van der Waals surface area contributed by atoms with Gasteiger partial charge in [-0.25, -0.2) is 0 Å². The Morgan fingerprint density at radius 3 is 2.48 bits per heavy atom. The van der Waals surface area contributed by atoms with Crippen molar-refractivity contribution in [2.24, 2.45) is 5.92 Å². The highest BCUT2D eigenvalue weighted by Crippen LogP contribution is 2.21. The van der Waals surface area contributed by atoms with Crippen LogP contribution in [0, 0.1) is 5.92 Å². The fraction of sp³-hybridized carbons (Fsp3) is 0.368. The highest BCUT2D eigenvalue weighted by Gasteiger charge is 2.16. The fourth-order valence-corrected chi connectivity index (χ4v) is 2.95. The molecular weight excluding hydrogens is 314 g/mol. The first-order valence-corrected chi connectivity index (χ1v) is 8.79. The molecule has 25 heavy (non-hydrogen) atoms.